The van der Waals surface area contributed by atoms with Gasteiger partial charge >= 0.3 is 0 Å². The first kappa shape index (κ1) is 17.3. The van der Waals surface area contributed by atoms with Crippen LogP contribution < -0.4 is 10.1 Å². The Balaban J connectivity index is 1.56. The molecule has 136 valence electrons. The predicted molar refractivity (Wildman–Crippen MR) is 107 cm³/mol. The second-order valence-electron chi connectivity index (χ2n) is 6.24. The molecule has 0 fully saturated rings. The third kappa shape index (κ3) is 3.85. The van der Waals surface area contributed by atoms with Gasteiger partial charge in [0, 0.05) is 30.4 Å². The minimum absolute atomic E-state index is 0.456. The third-order valence-electron chi connectivity index (χ3n) is 4.24. The van der Waals surface area contributed by atoms with Crippen LogP contribution in [-0.2, 0) is 13.7 Å². The summed E-state index contributed by atoms with van der Waals surface area (Å²) in [6, 6.07) is 11.5. The second kappa shape index (κ2) is 7.25. The van der Waals surface area contributed by atoms with Gasteiger partial charge in [0.05, 0.1) is 17.6 Å². The first-order valence-corrected chi connectivity index (χ1v) is 8.85. The van der Waals surface area contributed by atoms with Crippen LogP contribution in [0.2, 0.25) is 5.15 Å². The molecule has 4 aromatic rings. The van der Waals surface area contributed by atoms with Crippen molar-refractivity contribution in [3.8, 4) is 5.75 Å². The van der Waals surface area contributed by atoms with Crippen molar-refractivity contribution in [1.82, 2.24) is 19.7 Å². The lowest BCUT2D eigenvalue weighted by molar-refractivity contribution is 0.306. The largest absolute Gasteiger partial charge is 0.489 e. The highest BCUT2D eigenvalue weighted by Gasteiger charge is 2.07. The molecule has 0 saturated carbocycles. The minimum atomic E-state index is 0.456. The van der Waals surface area contributed by atoms with Crippen molar-refractivity contribution >= 4 is 33.9 Å². The van der Waals surface area contributed by atoms with E-state index in [-0.39, 0.29) is 0 Å². The van der Waals surface area contributed by atoms with E-state index in [9.17, 15) is 0 Å². The number of hydrogen-bond acceptors (Lipinski definition) is 5. The maximum absolute atomic E-state index is 5.95. The topological polar surface area (TPSA) is 64.9 Å². The fraction of sp³-hybridized carbons (Fsp3) is 0.150. The van der Waals surface area contributed by atoms with Crippen molar-refractivity contribution in [3.05, 3.63) is 71.4 Å². The lowest BCUT2D eigenvalue weighted by atomic mass is 10.1. The number of aryl methyl sites for hydroxylation is 2. The van der Waals surface area contributed by atoms with Crippen molar-refractivity contribution < 1.29 is 4.74 Å². The Morgan fingerprint density at radius 2 is 2.04 bits per heavy atom. The number of hydrogen-bond donors (Lipinski definition) is 1. The van der Waals surface area contributed by atoms with Crippen LogP contribution in [0.1, 0.15) is 11.3 Å². The molecule has 0 atom stereocenters. The first-order valence-electron chi connectivity index (χ1n) is 8.48. The van der Waals surface area contributed by atoms with Crippen molar-refractivity contribution in [2.75, 3.05) is 5.32 Å². The number of halogens is 1. The van der Waals surface area contributed by atoms with Gasteiger partial charge in [-0.25, -0.2) is 9.97 Å². The lowest BCUT2D eigenvalue weighted by Crippen LogP contribution is -1.97. The summed E-state index contributed by atoms with van der Waals surface area (Å²) in [5, 5.41) is 10.1. The number of ether oxygens (including phenoxy) is 1. The molecule has 0 aliphatic rings. The first-order chi connectivity index (χ1) is 13.1. The molecular weight excluding hydrogens is 362 g/mol. The van der Waals surface area contributed by atoms with Crippen molar-refractivity contribution in [1.29, 1.82) is 0 Å². The molecule has 0 aliphatic heterocycles. The van der Waals surface area contributed by atoms with Crippen LogP contribution in [0.15, 0.2) is 55.0 Å². The van der Waals surface area contributed by atoms with Crippen LogP contribution in [0.4, 0.5) is 11.5 Å². The van der Waals surface area contributed by atoms with Gasteiger partial charge in [-0.15, -0.1) is 0 Å². The summed E-state index contributed by atoms with van der Waals surface area (Å²) in [5.41, 5.74) is 2.88. The Labute approximate surface area is 161 Å². The van der Waals surface area contributed by atoms with Gasteiger partial charge < -0.3 is 10.1 Å². The highest BCUT2D eigenvalue weighted by molar-refractivity contribution is 6.29. The number of fused-ring (bicyclic) bond motifs is 1. The minimum Gasteiger partial charge on any atom is -0.489 e. The Bertz CT molecular complexity index is 1090. The summed E-state index contributed by atoms with van der Waals surface area (Å²) in [4.78, 5) is 8.52. The zero-order chi connectivity index (χ0) is 18.8. The molecule has 1 aromatic carbocycles. The van der Waals surface area contributed by atoms with Gasteiger partial charge in [-0.05, 0) is 48.7 Å². The lowest BCUT2D eigenvalue weighted by Gasteiger charge is -2.10. The van der Waals surface area contributed by atoms with E-state index >= 15 is 0 Å². The highest BCUT2D eigenvalue weighted by atomic mass is 35.5. The van der Waals surface area contributed by atoms with Crippen molar-refractivity contribution in [3.63, 3.8) is 0 Å². The van der Waals surface area contributed by atoms with Crippen LogP contribution >= 0.6 is 11.6 Å². The molecule has 1 N–H and O–H groups in total. The molecule has 3 aromatic heterocycles. The Kier molecular flexibility index (Phi) is 4.64. The molecule has 0 saturated heterocycles. The predicted octanol–water partition coefficient (Wildman–Crippen LogP) is 4.65. The van der Waals surface area contributed by atoms with E-state index in [4.69, 9.17) is 16.3 Å². The van der Waals surface area contributed by atoms with Gasteiger partial charge in [-0.1, -0.05) is 11.6 Å². The molecule has 0 bridgehead atoms. The number of benzene rings is 1. The van der Waals surface area contributed by atoms with Crippen LogP contribution in [0.25, 0.3) is 10.8 Å². The Morgan fingerprint density at radius 3 is 2.78 bits per heavy atom. The standard InChI is InChI=1S/C20H18ClN5O/c1-13-15(11-26(2)25-13)12-27-17-4-5-18-14(9-17)7-8-22-20(18)24-16-3-6-19(21)23-10-16/h3-11H,12H2,1-2H3,(H,22,24). The van der Waals surface area contributed by atoms with Crippen LogP contribution in [0, 0.1) is 6.92 Å². The molecule has 0 aliphatic carbocycles. The van der Waals surface area contributed by atoms with E-state index in [1.165, 1.54) is 0 Å². The van der Waals surface area contributed by atoms with Gasteiger partial charge in [0.25, 0.3) is 0 Å². The smallest absolute Gasteiger partial charge is 0.138 e. The van der Waals surface area contributed by atoms with E-state index in [1.807, 2.05) is 50.5 Å². The molecule has 0 amide bonds. The number of pyridine rings is 2. The summed E-state index contributed by atoms with van der Waals surface area (Å²) < 4.78 is 7.74. The molecule has 0 spiro atoms. The fourth-order valence-electron chi connectivity index (χ4n) is 2.88. The monoisotopic (exact) mass is 379 g/mol. The van der Waals surface area contributed by atoms with Gasteiger partial charge in [-0.2, -0.15) is 5.10 Å². The third-order valence-corrected chi connectivity index (χ3v) is 4.46. The average Bonchev–Trinajstić information content (AvgIpc) is 2.99. The molecule has 4 rings (SSSR count). The van der Waals surface area contributed by atoms with E-state index in [2.05, 4.69) is 20.4 Å². The maximum atomic E-state index is 5.95. The maximum Gasteiger partial charge on any atom is 0.138 e. The SMILES string of the molecule is Cc1nn(C)cc1COc1ccc2c(Nc3ccc(Cl)nc3)nccc2c1. The zero-order valence-corrected chi connectivity index (χ0v) is 15.7. The molecule has 0 radical (unpaired) electrons. The number of aromatic nitrogens is 4. The van der Waals surface area contributed by atoms with Crippen molar-refractivity contribution in [2.24, 2.45) is 7.05 Å². The van der Waals surface area contributed by atoms with E-state index < -0.39 is 0 Å². The fourth-order valence-corrected chi connectivity index (χ4v) is 3.00. The Hall–Kier alpha value is -3.12. The van der Waals surface area contributed by atoms with Gasteiger partial charge in [0.15, 0.2) is 0 Å². The van der Waals surface area contributed by atoms with E-state index in [0.29, 0.717) is 11.8 Å². The summed E-state index contributed by atoms with van der Waals surface area (Å²) in [6.07, 6.45) is 5.42. The number of rotatable bonds is 5. The zero-order valence-electron chi connectivity index (χ0n) is 15.0. The summed E-state index contributed by atoms with van der Waals surface area (Å²) >= 11 is 5.84. The van der Waals surface area contributed by atoms with Crippen LogP contribution in [0.3, 0.4) is 0 Å². The quantitative estimate of drug-likeness (QED) is 0.511. The summed E-state index contributed by atoms with van der Waals surface area (Å²) in [6.45, 7) is 2.46. The number of nitrogens with one attached hydrogen (secondary N) is 1. The van der Waals surface area contributed by atoms with Gasteiger partial charge in [0.1, 0.15) is 23.3 Å². The second-order valence-corrected chi connectivity index (χ2v) is 6.63. The normalized spacial score (nSPS) is 10.9. The molecule has 27 heavy (non-hydrogen) atoms. The van der Waals surface area contributed by atoms with Gasteiger partial charge in [0.2, 0.25) is 0 Å². The van der Waals surface area contributed by atoms with Crippen molar-refractivity contribution in [2.45, 2.75) is 13.5 Å². The highest BCUT2D eigenvalue weighted by Crippen LogP contribution is 2.28. The van der Waals surface area contributed by atoms with Crippen LogP contribution in [0.5, 0.6) is 5.75 Å². The van der Waals surface area contributed by atoms with E-state index in [1.54, 1.807) is 23.1 Å². The van der Waals surface area contributed by atoms with Crippen LogP contribution in [-0.4, -0.2) is 19.7 Å². The molecular formula is C20H18ClN5O. The van der Waals surface area contributed by atoms with Gasteiger partial charge in [-0.3, -0.25) is 4.68 Å². The molecule has 3 heterocycles. The summed E-state index contributed by atoms with van der Waals surface area (Å²) in [7, 11) is 1.91. The molecule has 0 unspecified atom stereocenters. The Morgan fingerprint density at radius 1 is 1.15 bits per heavy atom. The number of anilines is 2. The average molecular weight is 380 g/mol. The molecule has 6 nitrogen and oxygen atoms in total. The van der Waals surface area contributed by atoms with E-state index in [0.717, 1.165) is 39.3 Å². The summed E-state index contributed by atoms with van der Waals surface area (Å²) in [5.74, 6) is 1.56. The number of nitrogens with zero attached hydrogens (tertiary/aromatic N) is 4. The molecule has 7 heteroatoms.